The molecule has 4 saturated carbocycles. The summed E-state index contributed by atoms with van der Waals surface area (Å²) < 4.78 is 6.30. The van der Waals surface area contributed by atoms with Crippen molar-refractivity contribution in [1.29, 1.82) is 0 Å². The Bertz CT molecular complexity index is 1240. The Morgan fingerprint density at radius 3 is 2.50 bits per heavy atom. The van der Waals surface area contributed by atoms with Crippen molar-refractivity contribution in [3.05, 3.63) is 53.1 Å². The third-order valence-corrected chi connectivity index (χ3v) is 12.0. The van der Waals surface area contributed by atoms with E-state index in [4.69, 9.17) is 4.74 Å². The monoisotopic (exact) mass is 512 g/mol. The highest BCUT2D eigenvalue weighted by Crippen LogP contribution is 2.68. The first-order chi connectivity index (χ1) is 18.2. The third kappa shape index (κ3) is 3.59. The number of ether oxygens (including phenoxy) is 1. The van der Waals surface area contributed by atoms with Crippen molar-refractivity contribution in [3.63, 3.8) is 0 Å². The van der Waals surface area contributed by atoms with Gasteiger partial charge in [-0.3, -0.25) is 0 Å². The average Bonchev–Trinajstić information content (AvgIpc) is 3.61. The van der Waals surface area contributed by atoms with Gasteiger partial charge in [0.25, 0.3) is 0 Å². The molecule has 6 aliphatic rings. The van der Waals surface area contributed by atoms with E-state index in [1.807, 2.05) is 6.92 Å². The summed E-state index contributed by atoms with van der Waals surface area (Å²) in [5, 5.41) is 24.2. The molecule has 202 valence electrons. The maximum Gasteiger partial charge on any atom is 0.131 e. The molecule has 3 heteroatoms. The molecule has 1 aliphatic heterocycles. The van der Waals surface area contributed by atoms with Crippen LogP contribution in [0.2, 0.25) is 0 Å². The van der Waals surface area contributed by atoms with Crippen LogP contribution in [0.4, 0.5) is 0 Å². The van der Waals surface area contributed by atoms with Crippen LogP contribution < -0.4 is 0 Å². The minimum absolute atomic E-state index is 0.126. The van der Waals surface area contributed by atoms with Crippen LogP contribution in [0.5, 0.6) is 0 Å². The van der Waals surface area contributed by atoms with Crippen molar-refractivity contribution in [2.75, 3.05) is 6.61 Å². The molecule has 0 radical (unpaired) electrons. The number of fused-ring (bicyclic) bond motifs is 4. The van der Waals surface area contributed by atoms with Crippen molar-refractivity contribution in [2.45, 2.75) is 114 Å². The molecule has 3 unspecified atom stereocenters. The first-order valence-corrected chi connectivity index (χ1v) is 15.3. The van der Waals surface area contributed by atoms with Crippen LogP contribution >= 0.6 is 0 Å². The molecule has 1 aromatic carbocycles. The SMILES string of the molecule is C=C(c1ccc([C@H]2C[C@@]3(C)C(CC[C@@]3(O)C#CC)C3CC[C@@]4(O)CC5(CCCO5)CCC4=C32)cc1)C1CC1. The molecule has 5 fully saturated rings. The van der Waals surface area contributed by atoms with E-state index in [1.165, 1.54) is 40.7 Å². The van der Waals surface area contributed by atoms with Gasteiger partial charge in [-0.1, -0.05) is 49.3 Å². The molecule has 0 bridgehead atoms. The van der Waals surface area contributed by atoms with Gasteiger partial charge in [0.1, 0.15) is 5.60 Å². The summed E-state index contributed by atoms with van der Waals surface area (Å²) in [6.45, 7) is 9.39. The first kappa shape index (κ1) is 25.1. The fraction of sp³-hybridized carbons (Fsp3) is 0.657. The minimum Gasteiger partial charge on any atom is -0.385 e. The zero-order valence-electron chi connectivity index (χ0n) is 23.3. The molecule has 2 N–H and O–H groups in total. The molecule has 38 heavy (non-hydrogen) atoms. The van der Waals surface area contributed by atoms with Gasteiger partial charge in [0.15, 0.2) is 0 Å². The van der Waals surface area contributed by atoms with Gasteiger partial charge < -0.3 is 14.9 Å². The van der Waals surface area contributed by atoms with Crippen molar-refractivity contribution >= 4 is 5.57 Å². The minimum atomic E-state index is -0.941. The molecule has 0 aromatic heterocycles. The fourth-order valence-corrected chi connectivity index (χ4v) is 9.80. The molecule has 5 aliphatic carbocycles. The Balaban J connectivity index is 1.33. The normalized spacial score (nSPS) is 43.7. The molecule has 0 amide bonds. The molecule has 1 aromatic rings. The molecule has 1 heterocycles. The Kier molecular flexibility index (Phi) is 5.67. The Hall–Kier alpha value is -1.86. The number of benzene rings is 1. The maximum absolute atomic E-state index is 12.3. The Morgan fingerprint density at radius 1 is 1.03 bits per heavy atom. The van der Waals surface area contributed by atoms with Gasteiger partial charge in [-0.15, -0.1) is 5.92 Å². The summed E-state index contributed by atoms with van der Waals surface area (Å²) in [4.78, 5) is 0. The second-order valence-corrected chi connectivity index (χ2v) is 13.9. The summed E-state index contributed by atoms with van der Waals surface area (Å²) in [6, 6.07) is 9.18. The van der Waals surface area contributed by atoms with Gasteiger partial charge in [0, 0.05) is 24.4 Å². The lowest BCUT2D eigenvalue weighted by atomic mass is 9.49. The van der Waals surface area contributed by atoms with Gasteiger partial charge in [0.05, 0.1) is 11.2 Å². The van der Waals surface area contributed by atoms with Crippen LogP contribution in [-0.4, -0.2) is 33.6 Å². The molecular weight excluding hydrogens is 468 g/mol. The smallest absolute Gasteiger partial charge is 0.131 e. The van der Waals surface area contributed by atoms with Gasteiger partial charge in [-0.25, -0.2) is 0 Å². The van der Waals surface area contributed by atoms with Gasteiger partial charge in [-0.05, 0) is 118 Å². The van der Waals surface area contributed by atoms with Crippen molar-refractivity contribution in [1.82, 2.24) is 0 Å². The topological polar surface area (TPSA) is 49.7 Å². The van der Waals surface area contributed by atoms with E-state index in [9.17, 15) is 10.2 Å². The van der Waals surface area contributed by atoms with Crippen molar-refractivity contribution in [3.8, 4) is 11.8 Å². The van der Waals surface area contributed by atoms with Crippen LogP contribution in [0.3, 0.4) is 0 Å². The van der Waals surface area contributed by atoms with E-state index < -0.39 is 11.2 Å². The standard InChI is InChI=1S/C35H44O3/c1-4-15-35(37)19-14-29-27-12-18-34(36)22-33(16-5-20-38-33)17-13-30(34)31(27)28(21-32(29,35)3)26-10-8-25(9-11-26)23(2)24-6-7-24/h8-11,24,27-29,36-37H,2,5-7,12-14,16-22H2,1,3H3/t27?,28-,29?,32+,33?,34-,35+/m1/s1. The number of aliphatic hydroxyl groups is 2. The number of allylic oxidation sites excluding steroid dienone is 2. The van der Waals surface area contributed by atoms with E-state index in [0.717, 1.165) is 70.8 Å². The van der Waals surface area contributed by atoms with E-state index in [1.54, 1.807) is 0 Å². The van der Waals surface area contributed by atoms with E-state index in [-0.39, 0.29) is 16.9 Å². The predicted molar refractivity (Wildman–Crippen MR) is 151 cm³/mol. The van der Waals surface area contributed by atoms with E-state index in [2.05, 4.69) is 49.6 Å². The van der Waals surface area contributed by atoms with E-state index >= 15 is 0 Å². The Morgan fingerprint density at radius 2 is 1.82 bits per heavy atom. The highest BCUT2D eigenvalue weighted by atomic mass is 16.5. The maximum atomic E-state index is 12.3. The van der Waals surface area contributed by atoms with Crippen LogP contribution in [-0.2, 0) is 4.74 Å². The molecular formula is C35H44O3. The van der Waals surface area contributed by atoms with Gasteiger partial charge in [0.2, 0.25) is 0 Å². The zero-order chi connectivity index (χ0) is 26.3. The van der Waals surface area contributed by atoms with Gasteiger partial charge in [-0.2, -0.15) is 0 Å². The van der Waals surface area contributed by atoms with Gasteiger partial charge >= 0.3 is 0 Å². The largest absolute Gasteiger partial charge is 0.385 e. The van der Waals surface area contributed by atoms with Crippen LogP contribution in [0, 0.1) is 35.0 Å². The molecule has 1 saturated heterocycles. The number of hydrogen-bond donors (Lipinski definition) is 2. The van der Waals surface area contributed by atoms with E-state index in [0.29, 0.717) is 17.8 Å². The molecule has 3 nitrogen and oxygen atoms in total. The average molecular weight is 513 g/mol. The fourth-order valence-electron chi connectivity index (χ4n) is 9.80. The second-order valence-electron chi connectivity index (χ2n) is 13.9. The lowest BCUT2D eigenvalue weighted by molar-refractivity contribution is -0.101. The molecule has 1 spiro atoms. The zero-order valence-corrected chi connectivity index (χ0v) is 23.3. The summed E-state index contributed by atoms with van der Waals surface area (Å²) in [6.07, 6.45) is 11.9. The summed E-state index contributed by atoms with van der Waals surface area (Å²) >= 11 is 0. The van der Waals surface area contributed by atoms with Crippen LogP contribution in [0.1, 0.15) is 108 Å². The summed E-state index contributed by atoms with van der Waals surface area (Å²) in [5.41, 5.74) is 4.62. The quantitative estimate of drug-likeness (QED) is 0.341. The predicted octanol–water partition coefficient (Wildman–Crippen LogP) is 6.94. The van der Waals surface area contributed by atoms with Crippen molar-refractivity contribution < 1.29 is 14.9 Å². The van der Waals surface area contributed by atoms with Crippen LogP contribution in [0.25, 0.3) is 5.57 Å². The highest BCUT2D eigenvalue weighted by Gasteiger charge is 2.64. The third-order valence-electron chi connectivity index (χ3n) is 12.0. The Labute approximate surface area is 228 Å². The summed E-state index contributed by atoms with van der Waals surface area (Å²) in [7, 11) is 0. The number of hydrogen-bond acceptors (Lipinski definition) is 3. The number of rotatable bonds is 3. The van der Waals surface area contributed by atoms with Crippen LogP contribution in [0.15, 0.2) is 42.0 Å². The molecule has 7 rings (SSSR count). The lowest BCUT2D eigenvalue weighted by Crippen LogP contribution is -2.55. The first-order valence-electron chi connectivity index (χ1n) is 15.3. The summed E-state index contributed by atoms with van der Waals surface area (Å²) in [5.74, 6) is 8.03. The second kappa shape index (κ2) is 8.57. The lowest BCUT2D eigenvalue weighted by Gasteiger charge is -2.57. The van der Waals surface area contributed by atoms with Crippen molar-refractivity contribution in [2.24, 2.45) is 23.2 Å². The molecule has 7 atom stereocenters. The highest BCUT2D eigenvalue weighted by molar-refractivity contribution is 5.67.